The third-order valence-corrected chi connectivity index (χ3v) is 6.70. The van der Waals surface area contributed by atoms with Crippen molar-refractivity contribution in [2.24, 2.45) is 0 Å². The van der Waals surface area contributed by atoms with Crippen LogP contribution in [-0.4, -0.2) is 35.3 Å². The van der Waals surface area contributed by atoms with Crippen molar-refractivity contribution >= 4 is 0 Å². The first-order valence-electron chi connectivity index (χ1n) is 12.8. The quantitative estimate of drug-likeness (QED) is 0.278. The molecule has 0 unspecified atom stereocenters. The molecule has 1 aromatic rings. The van der Waals surface area contributed by atoms with Gasteiger partial charge in [0.15, 0.2) is 5.79 Å². The molecule has 0 amide bonds. The molecule has 0 radical (unpaired) electrons. The number of unbranched alkanes of at least 4 members (excludes halogenated alkanes) is 10. The zero-order chi connectivity index (χ0) is 22.4. The number of hydrogen-bond donors (Lipinski definition) is 2. The summed E-state index contributed by atoms with van der Waals surface area (Å²) in [6, 6.07) is 7.28. The Kier molecular flexibility index (Phi) is 12.5. The van der Waals surface area contributed by atoms with Crippen LogP contribution in [0.4, 0.5) is 0 Å². The summed E-state index contributed by atoms with van der Waals surface area (Å²) in [5, 5.41) is 19.9. The highest BCUT2D eigenvalue weighted by Gasteiger charge is 2.40. The van der Waals surface area contributed by atoms with E-state index in [-0.39, 0.29) is 18.0 Å². The molecule has 1 aromatic carbocycles. The number of rotatable bonds is 16. The lowest BCUT2D eigenvalue weighted by molar-refractivity contribution is -0.288. The average molecular weight is 435 g/mol. The molecule has 4 nitrogen and oxygen atoms in total. The van der Waals surface area contributed by atoms with E-state index in [2.05, 4.69) is 6.92 Å². The van der Waals surface area contributed by atoms with Crippen molar-refractivity contribution in [3.05, 3.63) is 29.8 Å². The third-order valence-electron chi connectivity index (χ3n) is 6.70. The van der Waals surface area contributed by atoms with E-state index in [0.717, 1.165) is 24.8 Å². The van der Waals surface area contributed by atoms with Crippen LogP contribution < -0.4 is 0 Å². The van der Waals surface area contributed by atoms with E-state index >= 15 is 0 Å². The van der Waals surface area contributed by atoms with Gasteiger partial charge in [0, 0.05) is 20.0 Å². The number of aryl methyl sites for hydroxylation is 1. The van der Waals surface area contributed by atoms with Crippen molar-refractivity contribution in [3.63, 3.8) is 0 Å². The molecule has 0 spiro atoms. The summed E-state index contributed by atoms with van der Waals surface area (Å²) < 4.78 is 12.2. The van der Waals surface area contributed by atoms with Gasteiger partial charge in [0.2, 0.25) is 0 Å². The third kappa shape index (κ3) is 10.4. The van der Waals surface area contributed by atoms with Gasteiger partial charge in [-0.1, -0.05) is 89.7 Å². The van der Waals surface area contributed by atoms with E-state index in [9.17, 15) is 10.2 Å². The summed E-state index contributed by atoms with van der Waals surface area (Å²) in [7, 11) is 1.69. The molecule has 1 aliphatic heterocycles. The van der Waals surface area contributed by atoms with Crippen LogP contribution in [0.5, 0.6) is 5.75 Å². The van der Waals surface area contributed by atoms with E-state index < -0.39 is 5.79 Å². The van der Waals surface area contributed by atoms with Crippen LogP contribution in [0.3, 0.4) is 0 Å². The van der Waals surface area contributed by atoms with Crippen molar-refractivity contribution in [2.75, 3.05) is 7.11 Å². The van der Waals surface area contributed by atoms with E-state index in [1.54, 1.807) is 19.2 Å². The van der Waals surface area contributed by atoms with Gasteiger partial charge >= 0.3 is 0 Å². The summed E-state index contributed by atoms with van der Waals surface area (Å²) in [5.74, 6) is -0.431. The van der Waals surface area contributed by atoms with Gasteiger partial charge in [-0.2, -0.15) is 0 Å². The monoisotopic (exact) mass is 434 g/mol. The van der Waals surface area contributed by atoms with Gasteiger partial charge < -0.3 is 19.7 Å². The van der Waals surface area contributed by atoms with Gasteiger partial charge in [-0.15, -0.1) is 0 Å². The predicted octanol–water partition coefficient (Wildman–Crippen LogP) is 6.91. The highest BCUT2D eigenvalue weighted by atomic mass is 16.7. The second-order valence-electron chi connectivity index (χ2n) is 9.44. The number of phenols is 1. The summed E-state index contributed by atoms with van der Waals surface area (Å²) in [5.41, 5.74) is 1.14. The topological polar surface area (TPSA) is 58.9 Å². The first-order valence-corrected chi connectivity index (χ1v) is 12.8. The fourth-order valence-corrected chi connectivity index (χ4v) is 4.75. The van der Waals surface area contributed by atoms with Crippen LogP contribution in [-0.2, 0) is 15.9 Å². The van der Waals surface area contributed by atoms with Crippen molar-refractivity contribution in [2.45, 2.75) is 128 Å². The van der Waals surface area contributed by atoms with Crippen LogP contribution in [0.15, 0.2) is 24.3 Å². The van der Waals surface area contributed by atoms with Gasteiger partial charge in [-0.05, 0) is 37.0 Å². The Morgan fingerprint density at radius 3 is 2.10 bits per heavy atom. The SMILES string of the molecule is CCCCCCCCCCCCC[C@@H]1C[C@@H](O)C[C@@](CCc2ccc(O)cc2)(OC)O1. The molecule has 2 N–H and O–H groups in total. The molecule has 3 atom stereocenters. The Hall–Kier alpha value is -1.10. The maximum Gasteiger partial charge on any atom is 0.171 e. The van der Waals surface area contributed by atoms with Gasteiger partial charge in [0.1, 0.15) is 5.75 Å². The predicted molar refractivity (Wildman–Crippen MR) is 127 cm³/mol. The summed E-state index contributed by atoms with van der Waals surface area (Å²) in [6.45, 7) is 2.27. The second-order valence-corrected chi connectivity index (χ2v) is 9.44. The van der Waals surface area contributed by atoms with Crippen LogP contribution in [0.1, 0.15) is 109 Å². The molecule has 1 saturated heterocycles. The molecule has 1 heterocycles. The molecule has 0 aliphatic carbocycles. The lowest BCUT2D eigenvalue weighted by Gasteiger charge is -2.42. The summed E-state index contributed by atoms with van der Waals surface area (Å²) in [4.78, 5) is 0. The normalized spacial score (nSPS) is 23.8. The molecule has 1 fully saturated rings. The first kappa shape index (κ1) is 26.2. The number of aromatic hydroxyl groups is 1. The number of aliphatic hydroxyl groups excluding tert-OH is 1. The fraction of sp³-hybridized carbons (Fsp3) is 0.778. The van der Waals surface area contributed by atoms with E-state index in [0.29, 0.717) is 19.3 Å². The van der Waals surface area contributed by atoms with Crippen LogP contribution in [0.25, 0.3) is 0 Å². The fourth-order valence-electron chi connectivity index (χ4n) is 4.75. The lowest BCUT2D eigenvalue weighted by Crippen LogP contribution is -2.47. The maximum atomic E-state index is 10.5. The van der Waals surface area contributed by atoms with Gasteiger partial charge in [-0.3, -0.25) is 0 Å². The zero-order valence-corrected chi connectivity index (χ0v) is 20.0. The smallest absolute Gasteiger partial charge is 0.171 e. The Balaban J connectivity index is 1.63. The molecule has 31 heavy (non-hydrogen) atoms. The van der Waals surface area contributed by atoms with Gasteiger partial charge in [0.25, 0.3) is 0 Å². The largest absolute Gasteiger partial charge is 0.508 e. The van der Waals surface area contributed by atoms with Gasteiger partial charge in [-0.25, -0.2) is 0 Å². The number of benzene rings is 1. The minimum absolute atomic E-state index is 0.0714. The summed E-state index contributed by atoms with van der Waals surface area (Å²) >= 11 is 0. The molecule has 2 rings (SSSR count). The molecule has 1 aliphatic rings. The molecular weight excluding hydrogens is 388 g/mol. The molecular formula is C27H46O4. The van der Waals surface area contributed by atoms with Crippen LogP contribution in [0, 0.1) is 0 Å². The second kappa shape index (κ2) is 14.9. The van der Waals surface area contributed by atoms with Crippen molar-refractivity contribution in [1.82, 2.24) is 0 Å². The van der Waals surface area contributed by atoms with E-state index in [1.807, 2.05) is 12.1 Å². The van der Waals surface area contributed by atoms with Crippen LogP contribution in [0.2, 0.25) is 0 Å². The average Bonchev–Trinajstić information content (AvgIpc) is 2.77. The Bertz CT molecular complexity index is 573. The van der Waals surface area contributed by atoms with Crippen molar-refractivity contribution in [3.8, 4) is 5.75 Å². The number of ether oxygens (including phenoxy) is 2. The van der Waals surface area contributed by atoms with Crippen molar-refractivity contribution < 1.29 is 19.7 Å². The number of phenolic OH excluding ortho intramolecular Hbond substituents is 1. The first-order chi connectivity index (χ1) is 15.1. The number of methoxy groups -OCH3 is 1. The van der Waals surface area contributed by atoms with Gasteiger partial charge in [0.05, 0.1) is 12.2 Å². The highest BCUT2D eigenvalue weighted by Crippen LogP contribution is 2.35. The molecule has 0 saturated carbocycles. The highest BCUT2D eigenvalue weighted by molar-refractivity contribution is 5.26. The Morgan fingerprint density at radius 2 is 1.52 bits per heavy atom. The van der Waals surface area contributed by atoms with E-state index in [1.165, 1.54) is 64.2 Å². The minimum Gasteiger partial charge on any atom is -0.508 e. The maximum absolute atomic E-state index is 10.5. The molecule has 0 aromatic heterocycles. The molecule has 178 valence electrons. The Labute approximate surface area is 190 Å². The summed E-state index contributed by atoms with van der Waals surface area (Å²) in [6.07, 6.45) is 18.2. The number of aliphatic hydroxyl groups is 1. The lowest BCUT2D eigenvalue weighted by atomic mass is 9.91. The standard InChI is InChI=1S/C27H46O4/c1-3-4-5-6-7-8-9-10-11-12-13-14-26-21-25(29)22-27(30-2,31-26)20-19-23-15-17-24(28)18-16-23/h15-18,25-26,28-29H,3-14,19-22H2,1-2H3/t25-,26-,27+/m1/s1. The Morgan fingerprint density at radius 1 is 0.935 bits per heavy atom. The van der Waals surface area contributed by atoms with Crippen LogP contribution >= 0.6 is 0 Å². The van der Waals surface area contributed by atoms with E-state index in [4.69, 9.17) is 9.47 Å². The molecule has 4 heteroatoms. The number of hydrogen-bond acceptors (Lipinski definition) is 4. The zero-order valence-electron chi connectivity index (χ0n) is 20.0. The molecule has 0 bridgehead atoms. The minimum atomic E-state index is -0.710. The van der Waals surface area contributed by atoms with Crippen molar-refractivity contribution in [1.29, 1.82) is 0 Å².